The summed E-state index contributed by atoms with van der Waals surface area (Å²) in [6, 6.07) is 4.76. The third kappa shape index (κ3) is 3.46. The van der Waals surface area contributed by atoms with E-state index in [2.05, 4.69) is 15.4 Å². The topological polar surface area (TPSA) is 76.7 Å². The number of rotatable bonds is 5. The molecule has 0 spiro atoms. The van der Waals surface area contributed by atoms with Crippen LogP contribution in [0, 0.1) is 0 Å². The molecule has 0 aliphatic rings. The lowest BCUT2D eigenvalue weighted by Gasteiger charge is -2.11. The van der Waals surface area contributed by atoms with Gasteiger partial charge < -0.3 is 20.1 Å². The molecule has 18 heavy (non-hydrogen) atoms. The summed E-state index contributed by atoms with van der Waals surface area (Å²) in [5.41, 5.74) is 0.643. The van der Waals surface area contributed by atoms with Crippen molar-refractivity contribution in [3.8, 4) is 5.75 Å². The number of esters is 1. The van der Waals surface area contributed by atoms with Gasteiger partial charge in [-0.1, -0.05) is 0 Å². The Morgan fingerprint density at radius 3 is 2.56 bits per heavy atom. The molecular formula is C12H16N2O4. The van der Waals surface area contributed by atoms with Crippen molar-refractivity contribution in [1.29, 1.82) is 0 Å². The Morgan fingerprint density at radius 2 is 2.00 bits per heavy atom. The summed E-state index contributed by atoms with van der Waals surface area (Å²) >= 11 is 0. The average molecular weight is 252 g/mol. The zero-order valence-electron chi connectivity index (χ0n) is 10.6. The van der Waals surface area contributed by atoms with E-state index in [1.165, 1.54) is 20.3 Å². The second-order valence-electron chi connectivity index (χ2n) is 3.48. The third-order valence-corrected chi connectivity index (χ3v) is 2.24. The Hall–Kier alpha value is -2.08. The number of benzene rings is 1. The highest BCUT2D eigenvalue weighted by molar-refractivity contribution is 6.02. The first-order valence-corrected chi connectivity index (χ1v) is 5.33. The van der Waals surface area contributed by atoms with Gasteiger partial charge in [-0.3, -0.25) is 4.79 Å². The fourth-order valence-corrected chi connectivity index (χ4v) is 1.39. The van der Waals surface area contributed by atoms with Crippen molar-refractivity contribution in [3.05, 3.63) is 23.8 Å². The maximum absolute atomic E-state index is 11.6. The number of anilines is 1. The van der Waals surface area contributed by atoms with Crippen molar-refractivity contribution in [2.24, 2.45) is 0 Å². The normalized spacial score (nSPS) is 9.72. The molecule has 0 aliphatic carbocycles. The molecular weight excluding hydrogens is 236 g/mol. The fraction of sp³-hybridized carbons (Fsp3) is 0.333. The van der Waals surface area contributed by atoms with Gasteiger partial charge in [0.25, 0.3) is 0 Å². The smallest absolute Gasteiger partial charge is 0.340 e. The van der Waals surface area contributed by atoms with E-state index in [9.17, 15) is 9.59 Å². The predicted octanol–water partition coefficient (Wildman–Crippen LogP) is 0.640. The average Bonchev–Trinajstić information content (AvgIpc) is 2.38. The van der Waals surface area contributed by atoms with Crippen molar-refractivity contribution in [2.45, 2.75) is 0 Å². The second kappa shape index (κ2) is 6.61. The second-order valence-corrected chi connectivity index (χ2v) is 3.48. The van der Waals surface area contributed by atoms with Gasteiger partial charge in [0.05, 0.1) is 32.0 Å². The standard InChI is InChI=1S/C12H16N2O4/c1-13-7-11(15)14-10-5-4-8(17-2)6-9(10)12(16)18-3/h4-6,13H,7H2,1-3H3,(H,14,15). The van der Waals surface area contributed by atoms with Crippen molar-refractivity contribution >= 4 is 17.6 Å². The maximum atomic E-state index is 11.6. The Bertz CT molecular complexity index is 446. The molecule has 2 N–H and O–H groups in total. The van der Waals surface area contributed by atoms with Crippen LogP contribution < -0.4 is 15.4 Å². The van der Waals surface area contributed by atoms with Gasteiger partial charge in [0, 0.05) is 0 Å². The van der Waals surface area contributed by atoms with Crippen molar-refractivity contribution in [2.75, 3.05) is 33.1 Å². The van der Waals surface area contributed by atoms with Gasteiger partial charge in [0.15, 0.2) is 0 Å². The number of methoxy groups -OCH3 is 2. The van der Waals surface area contributed by atoms with Crippen LogP contribution in [-0.4, -0.2) is 39.7 Å². The number of ether oxygens (including phenoxy) is 2. The molecule has 1 aromatic carbocycles. The van der Waals surface area contributed by atoms with Gasteiger partial charge in [-0.25, -0.2) is 4.79 Å². The summed E-state index contributed by atoms with van der Waals surface area (Å²) in [5, 5.41) is 5.34. The summed E-state index contributed by atoms with van der Waals surface area (Å²) in [7, 11) is 4.44. The predicted molar refractivity (Wildman–Crippen MR) is 66.9 cm³/mol. The number of carbonyl (C=O) groups is 2. The first kappa shape index (κ1) is 14.0. The molecule has 98 valence electrons. The van der Waals surface area contributed by atoms with Crippen LogP contribution in [0.5, 0.6) is 5.75 Å². The van der Waals surface area contributed by atoms with Gasteiger partial charge in [0.2, 0.25) is 5.91 Å². The summed E-state index contributed by atoms with van der Waals surface area (Å²) in [6.45, 7) is 0.159. The van der Waals surface area contributed by atoms with Crippen LogP contribution in [0.4, 0.5) is 5.69 Å². The highest BCUT2D eigenvalue weighted by atomic mass is 16.5. The number of likely N-dealkylation sites (N-methyl/N-ethyl adjacent to an activating group) is 1. The molecule has 6 heteroatoms. The van der Waals surface area contributed by atoms with E-state index in [1.807, 2.05) is 0 Å². The van der Waals surface area contributed by atoms with Gasteiger partial charge in [-0.05, 0) is 25.2 Å². The minimum absolute atomic E-state index is 0.159. The molecule has 0 atom stereocenters. The van der Waals surface area contributed by atoms with Crippen LogP contribution in [0.3, 0.4) is 0 Å². The Labute approximate surface area is 105 Å². The lowest BCUT2D eigenvalue weighted by molar-refractivity contribution is -0.115. The molecule has 0 bridgehead atoms. The Kier molecular flexibility index (Phi) is 5.13. The SMILES string of the molecule is CNCC(=O)Nc1ccc(OC)cc1C(=O)OC. The molecule has 0 aliphatic heterocycles. The summed E-state index contributed by atoms with van der Waals surface area (Å²) < 4.78 is 9.68. The van der Waals surface area contributed by atoms with Crippen LogP contribution >= 0.6 is 0 Å². The third-order valence-electron chi connectivity index (χ3n) is 2.24. The highest BCUT2D eigenvalue weighted by Gasteiger charge is 2.14. The Morgan fingerprint density at radius 1 is 1.28 bits per heavy atom. The molecule has 0 radical (unpaired) electrons. The van der Waals surface area contributed by atoms with E-state index in [4.69, 9.17) is 4.74 Å². The van der Waals surface area contributed by atoms with E-state index >= 15 is 0 Å². The largest absolute Gasteiger partial charge is 0.497 e. The van der Waals surface area contributed by atoms with Crippen LogP contribution in [0.25, 0.3) is 0 Å². The quantitative estimate of drug-likeness (QED) is 0.752. The minimum atomic E-state index is -0.534. The van der Waals surface area contributed by atoms with Gasteiger partial charge >= 0.3 is 5.97 Å². The number of amides is 1. The van der Waals surface area contributed by atoms with E-state index in [0.717, 1.165) is 0 Å². The van der Waals surface area contributed by atoms with E-state index in [-0.39, 0.29) is 18.0 Å². The van der Waals surface area contributed by atoms with Crippen molar-refractivity contribution < 1.29 is 19.1 Å². The summed E-state index contributed by atoms with van der Waals surface area (Å²) in [6.07, 6.45) is 0. The minimum Gasteiger partial charge on any atom is -0.497 e. The molecule has 1 aromatic rings. The van der Waals surface area contributed by atoms with Crippen LogP contribution in [0.2, 0.25) is 0 Å². The molecule has 0 fully saturated rings. The fourth-order valence-electron chi connectivity index (χ4n) is 1.39. The molecule has 6 nitrogen and oxygen atoms in total. The van der Waals surface area contributed by atoms with Crippen LogP contribution in [0.15, 0.2) is 18.2 Å². The first-order chi connectivity index (χ1) is 8.62. The van der Waals surface area contributed by atoms with Crippen molar-refractivity contribution in [1.82, 2.24) is 5.32 Å². The first-order valence-electron chi connectivity index (χ1n) is 5.33. The van der Waals surface area contributed by atoms with E-state index in [1.54, 1.807) is 19.2 Å². The van der Waals surface area contributed by atoms with Gasteiger partial charge in [-0.2, -0.15) is 0 Å². The lowest BCUT2D eigenvalue weighted by Crippen LogP contribution is -2.26. The zero-order chi connectivity index (χ0) is 13.5. The van der Waals surface area contributed by atoms with Crippen LogP contribution in [0.1, 0.15) is 10.4 Å². The molecule has 1 rings (SSSR count). The molecule has 0 heterocycles. The Balaban J connectivity index is 3.02. The molecule has 0 saturated carbocycles. The number of carbonyl (C=O) groups excluding carboxylic acids is 2. The molecule has 1 amide bonds. The zero-order valence-corrected chi connectivity index (χ0v) is 10.6. The summed E-state index contributed by atoms with van der Waals surface area (Å²) in [4.78, 5) is 23.1. The highest BCUT2D eigenvalue weighted by Crippen LogP contribution is 2.22. The van der Waals surface area contributed by atoms with Gasteiger partial charge in [-0.15, -0.1) is 0 Å². The van der Waals surface area contributed by atoms with E-state index in [0.29, 0.717) is 11.4 Å². The van der Waals surface area contributed by atoms with Crippen molar-refractivity contribution in [3.63, 3.8) is 0 Å². The number of hydrogen-bond acceptors (Lipinski definition) is 5. The van der Waals surface area contributed by atoms with E-state index < -0.39 is 5.97 Å². The van der Waals surface area contributed by atoms with Gasteiger partial charge in [0.1, 0.15) is 5.75 Å². The number of hydrogen-bond donors (Lipinski definition) is 2. The van der Waals surface area contributed by atoms with Crippen LogP contribution in [-0.2, 0) is 9.53 Å². The molecule has 0 unspecified atom stereocenters. The molecule has 0 saturated heterocycles. The maximum Gasteiger partial charge on any atom is 0.340 e. The summed E-state index contributed by atoms with van der Waals surface area (Å²) in [5.74, 6) is -0.261. The number of nitrogens with one attached hydrogen (secondary N) is 2. The lowest BCUT2D eigenvalue weighted by atomic mass is 10.1. The monoisotopic (exact) mass is 252 g/mol. The molecule has 0 aromatic heterocycles.